The van der Waals surface area contributed by atoms with Crippen LogP contribution in [0.2, 0.25) is 0 Å². The lowest BCUT2D eigenvalue weighted by Crippen LogP contribution is -2.37. The van der Waals surface area contributed by atoms with Crippen LogP contribution in [0.1, 0.15) is 51.4 Å². The number of carbonyl (C=O) groups is 1. The smallest absolute Gasteiger partial charge is 0.143 e. The zero-order valence-corrected chi connectivity index (χ0v) is 8.27. The Labute approximate surface area is 80.2 Å². The zero-order valence-electron chi connectivity index (χ0n) is 8.27. The molecule has 0 radical (unpaired) electrons. The molecule has 1 nitrogen and oxygen atoms in total. The van der Waals surface area contributed by atoms with Crippen LogP contribution in [0.25, 0.3) is 0 Å². The quantitative estimate of drug-likeness (QED) is 0.520. The fraction of sp³-hybridized carbons (Fsp3) is 0.750. The molecule has 0 amide bonds. The van der Waals surface area contributed by atoms with E-state index in [1.807, 2.05) is 0 Å². The van der Waals surface area contributed by atoms with Gasteiger partial charge in [0.1, 0.15) is 5.78 Å². The molecule has 0 heterocycles. The van der Waals surface area contributed by atoms with Gasteiger partial charge in [-0.25, -0.2) is 0 Å². The van der Waals surface area contributed by atoms with E-state index in [9.17, 15) is 4.79 Å². The molecule has 0 bridgehead atoms. The van der Waals surface area contributed by atoms with E-state index in [2.05, 4.69) is 6.58 Å². The number of Topliss-reactive ketones (excluding diaryl/α,β-unsaturated/α-hetero) is 1. The molecular formula is C12H18O. The second-order valence-electron chi connectivity index (χ2n) is 4.52. The highest BCUT2D eigenvalue weighted by atomic mass is 16.1. The monoisotopic (exact) mass is 178 g/mol. The van der Waals surface area contributed by atoms with E-state index in [1.165, 1.54) is 24.8 Å². The molecule has 2 rings (SSSR count). The molecule has 0 atom stereocenters. The molecule has 0 saturated heterocycles. The lowest BCUT2D eigenvalue weighted by molar-refractivity contribution is -0.129. The first-order valence-corrected chi connectivity index (χ1v) is 5.47. The Hall–Kier alpha value is -0.590. The summed E-state index contributed by atoms with van der Waals surface area (Å²) in [5, 5.41) is 0. The lowest BCUT2D eigenvalue weighted by atomic mass is 9.62. The highest BCUT2D eigenvalue weighted by Crippen LogP contribution is 2.47. The minimum Gasteiger partial charge on any atom is -0.299 e. The number of hydrogen-bond donors (Lipinski definition) is 0. The molecular weight excluding hydrogens is 160 g/mol. The standard InChI is InChI=1S/C12H18O/c1-10-6-5-7-11(13)12(10)8-3-2-4-9-12/h1-9H2. The van der Waals surface area contributed by atoms with Crippen molar-refractivity contribution in [3.8, 4) is 0 Å². The van der Waals surface area contributed by atoms with Crippen LogP contribution in [0.5, 0.6) is 0 Å². The van der Waals surface area contributed by atoms with Gasteiger partial charge in [0.05, 0.1) is 0 Å². The maximum absolute atomic E-state index is 11.9. The number of hydrogen-bond acceptors (Lipinski definition) is 1. The van der Waals surface area contributed by atoms with Crippen molar-refractivity contribution in [2.45, 2.75) is 51.4 Å². The Morgan fingerprint density at radius 3 is 2.31 bits per heavy atom. The summed E-state index contributed by atoms with van der Waals surface area (Å²) in [4.78, 5) is 11.9. The van der Waals surface area contributed by atoms with Crippen LogP contribution < -0.4 is 0 Å². The van der Waals surface area contributed by atoms with Gasteiger partial charge in [0.2, 0.25) is 0 Å². The Bertz CT molecular complexity index is 216. The van der Waals surface area contributed by atoms with Crippen molar-refractivity contribution in [3.63, 3.8) is 0 Å². The normalized spacial score (nSPS) is 28.0. The van der Waals surface area contributed by atoms with Crippen LogP contribution in [0.15, 0.2) is 12.2 Å². The van der Waals surface area contributed by atoms with E-state index >= 15 is 0 Å². The second kappa shape index (κ2) is 3.28. The average molecular weight is 178 g/mol. The van der Waals surface area contributed by atoms with Gasteiger partial charge in [-0.05, 0) is 25.7 Å². The Morgan fingerprint density at radius 1 is 1.00 bits per heavy atom. The third kappa shape index (κ3) is 1.34. The summed E-state index contributed by atoms with van der Waals surface area (Å²) in [6.07, 6.45) is 8.87. The van der Waals surface area contributed by atoms with Gasteiger partial charge in [-0.15, -0.1) is 0 Å². The molecule has 0 aliphatic heterocycles. The molecule has 2 aliphatic rings. The lowest BCUT2D eigenvalue weighted by Gasteiger charge is -2.40. The summed E-state index contributed by atoms with van der Waals surface area (Å²) in [5.74, 6) is 0.489. The van der Waals surface area contributed by atoms with Crippen molar-refractivity contribution in [3.05, 3.63) is 12.2 Å². The van der Waals surface area contributed by atoms with E-state index in [-0.39, 0.29) is 5.41 Å². The summed E-state index contributed by atoms with van der Waals surface area (Å²) >= 11 is 0. The van der Waals surface area contributed by atoms with Crippen molar-refractivity contribution in [1.29, 1.82) is 0 Å². The van der Waals surface area contributed by atoms with Gasteiger partial charge in [-0.1, -0.05) is 31.4 Å². The van der Waals surface area contributed by atoms with Gasteiger partial charge in [0.15, 0.2) is 0 Å². The van der Waals surface area contributed by atoms with Gasteiger partial charge < -0.3 is 0 Å². The van der Waals surface area contributed by atoms with E-state index in [4.69, 9.17) is 0 Å². The molecule has 13 heavy (non-hydrogen) atoms. The van der Waals surface area contributed by atoms with Crippen LogP contribution in [0.4, 0.5) is 0 Å². The highest BCUT2D eigenvalue weighted by Gasteiger charge is 2.42. The molecule has 1 heteroatoms. The van der Waals surface area contributed by atoms with E-state index in [0.717, 1.165) is 32.1 Å². The summed E-state index contributed by atoms with van der Waals surface area (Å²) in [5.41, 5.74) is 1.18. The summed E-state index contributed by atoms with van der Waals surface area (Å²) < 4.78 is 0. The second-order valence-corrected chi connectivity index (χ2v) is 4.52. The largest absolute Gasteiger partial charge is 0.299 e. The summed E-state index contributed by atoms with van der Waals surface area (Å²) in [6, 6.07) is 0. The van der Waals surface area contributed by atoms with Crippen LogP contribution in [0, 0.1) is 5.41 Å². The van der Waals surface area contributed by atoms with Crippen LogP contribution in [-0.4, -0.2) is 5.78 Å². The Kier molecular flexibility index (Phi) is 2.27. The van der Waals surface area contributed by atoms with Gasteiger partial charge >= 0.3 is 0 Å². The van der Waals surface area contributed by atoms with Crippen LogP contribution in [0.3, 0.4) is 0 Å². The first-order chi connectivity index (χ1) is 6.26. The minimum absolute atomic E-state index is 0.0590. The van der Waals surface area contributed by atoms with Gasteiger partial charge in [-0.2, -0.15) is 0 Å². The minimum atomic E-state index is -0.0590. The van der Waals surface area contributed by atoms with Crippen LogP contribution in [-0.2, 0) is 4.79 Å². The van der Waals surface area contributed by atoms with E-state index in [1.54, 1.807) is 0 Å². The zero-order chi connectivity index (χ0) is 9.31. The Morgan fingerprint density at radius 2 is 1.69 bits per heavy atom. The summed E-state index contributed by atoms with van der Waals surface area (Å²) in [6.45, 7) is 4.12. The number of allylic oxidation sites excluding steroid dienone is 1. The molecule has 2 saturated carbocycles. The fourth-order valence-corrected chi connectivity index (χ4v) is 2.93. The van der Waals surface area contributed by atoms with Gasteiger partial charge in [0.25, 0.3) is 0 Å². The van der Waals surface area contributed by atoms with Crippen molar-refractivity contribution >= 4 is 5.78 Å². The molecule has 0 aromatic heterocycles. The number of rotatable bonds is 0. The Balaban J connectivity index is 2.23. The maximum atomic E-state index is 11.9. The first-order valence-electron chi connectivity index (χ1n) is 5.47. The van der Waals surface area contributed by atoms with Crippen molar-refractivity contribution in [2.75, 3.05) is 0 Å². The molecule has 0 aromatic rings. The number of ketones is 1. The topological polar surface area (TPSA) is 17.1 Å². The molecule has 0 N–H and O–H groups in total. The number of carbonyl (C=O) groups excluding carboxylic acids is 1. The van der Waals surface area contributed by atoms with Crippen molar-refractivity contribution in [1.82, 2.24) is 0 Å². The molecule has 0 aromatic carbocycles. The van der Waals surface area contributed by atoms with Crippen molar-refractivity contribution < 1.29 is 4.79 Å². The third-order valence-corrected chi connectivity index (χ3v) is 3.80. The highest BCUT2D eigenvalue weighted by molar-refractivity contribution is 5.88. The van der Waals surface area contributed by atoms with E-state index in [0.29, 0.717) is 5.78 Å². The predicted molar refractivity (Wildman–Crippen MR) is 53.5 cm³/mol. The molecule has 1 spiro atoms. The third-order valence-electron chi connectivity index (χ3n) is 3.80. The molecule has 2 aliphatic carbocycles. The molecule has 2 fully saturated rings. The molecule has 0 unspecified atom stereocenters. The van der Waals surface area contributed by atoms with Crippen molar-refractivity contribution in [2.24, 2.45) is 5.41 Å². The summed E-state index contributed by atoms with van der Waals surface area (Å²) in [7, 11) is 0. The fourth-order valence-electron chi connectivity index (χ4n) is 2.93. The maximum Gasteiger partial charge on any atom is 0.143 e. The molecule has 72 valence electrons. The first kappa shape index (κ1) is 8.98. The van der Waals surface area contributed by atoms with Gasteiger partial charge in [0, 0.05) is 11.8 Å². The predicted octanol–water partition coefficient (Wildman–Crippen LogP) is 3.25. The van der Waals surface area contributed by atoms with Crippen LogP contribution >= 0.6 is 0 Å². The average Bonchev–Trinajstić information content (AvgIpc) is 2.16. The van der Waals surface area contributed by atoms with E-state index < -0.39 is 0 Å². The van der Waals surface area contributed by atoms with Gasteiger partial charge in [-0.3, -0.25) is 4.79 Å². The SMILES string of the molecule is C=C1CCCC(=O)C12CCCCC2.